The molecule has 104 valence electrons. The number of hydrogen-bond acceptors (Lipinski definition) is 2. The molecule has 2 rings (SSSR count). The van der Waals surface area contributed by atoms with E-state index in [1.54, 1.807) is 0 Å². The number of likely N-dealkylation sites (tertiary alicyclic amines) is 1. The molecular weight excluding hydrogens is 243 g/mol. The Labute approximate surface area is 113 Å². The van der Waals surface area contributed by atoms with Crippen LogP contribution in [-0.4, -0.2) is 23.4 Å². The zero-order valence-corrected chi connectivity index (χ0v) is 11.4. The predicted molar refractivity (Wildman–Crippen MR) is 74.4 cm³/mol. The van der Waals surface area contributed by atoms with Gasteiger partial charge < -0.3 is 10.6 Å². The molecule has 0 radical (unpaired) electrons. The molecule has 1 aliphatic heterocycles. The first kappa shape index (κ1) is 13.8. The minimum atomic E-state index is -0.488. The molecule has 0 bridgehead atoms. The topological polar surface area (TPSA) is 46.3 Å². The number of nitrogen functional groups attached to an aromatic ring is 1. The number of amides is 1. The van der Waals surface area contributed by atoms with Crippen molar-refractivity contribution in [1.29, 1.82) is 0 Å². The molecule has 0 spiro atoms. The Kier molecular flexibility index (Phi) is 4.40. The van der Waals surface area contributed by atoms with Crippen molar-refractivity contribution in [3.05, 3.63) is 29.6 Å². The number of benzene rings is 1. The molecule has 1 atom stereocenters. The van der Waals surface area contributed by atoms with Gasteiger partial charge in [-0.15, -0.1) is 0 Å². The van der Waals surface area contributed by atoms with E-state index in [1.165, 1.54) is 18.2 Å². The zero-order chi connectivity index (χ0) is 13.8. The van der Waals surface area contributed by atoms with Gasteiger partial charge in [0, 0.05) is 18.3 Å². The summed E-state index contributed by atoms with van der Waals surface area (Å²) in [4.78, 5) is 14.3. The Morgan fingerprint density at radius 1 is 1.42 bits per heavy atom. The van der Waals surface area contributed by atoms with Crippen LogP contribution in [0.3, 0.4) is 0 Å². The van der Waals surface area contributed by atoms with Crippen molar-refractivity contribution >= 4 is 11.6 Å². The molecule has 4 heteroatoms. The summed E-state index contributed by atoms with van der Waals surface area (Å²) >= 11 is 0. The van der Waals surface area contributed by atoms with Gasteiger partial charge in [-0.25, -0.2) is 4.39 Å². The van der Waals surface area contributed by atoms with E-state index in [0.717, 1.165) is 32.1 Å². The first-order valence-electron chi connectivity index (χ1n) is 6.99. The minimum Gasteiger partial charge on any atom is -0.399 e. The van der Waals surface area contributed by atoms with Crippen LogP contribution in [0, 0.1) is 5.82 Å². The highest BCUT2D eigenvalue weighted by Crippen LogP contribution is 2.23. The third-order valence-electron chi connectivity index (χ3n) is 3.83. The van der Waals surface area contributed by atoms with E-state index in [1.807, 2.05) is 4.90 Å². The fraction of sp³-hybridized carbons (Fsp3) is 0.533. The molecule has 1 heterocycles. The highest BCUT2D eigenvalue weighted by molar-refractivity contribution is 5.95. The SMILES string of the molecule is CCC1CCCCCN1C(=O)c1cc(N)ccc1F. The van der Waals surface area contributed by atoms with Crippen LogP contribution >= 0.6 is 0 Å². The summed E-state index contributed by atoms with van der Waals surface area (Å²) in [6, 6.07) is 4.40. The van der Waals surface area contributed by atoms with Gasteiger partial charge in [-0.05, 0) is 37.5 Å². The summed E-state index contributed by atoms with van der Waals surface area (Å²) in [6.07, 6.45) is 5.19. The van der Waals surface area contributed by atoms with Crippen molar-refractivity contribution < 1.29 is 9.18 Å². The van der Waals surface area contributed by atoms with Gasteiger partial charge in [-0.2, -0.15) is 0 Å². The maximum Gasteiger partial charge on any atom is 0.257 e. The molecule has 19 heavy (non-hydrogen) atoms. The molecule has 1 fully saturated rings. The van der Waals surface area contributed by atoms with E-state index in [0.29, 0.717) is 12.2 Å². The van der Waals surface area contributed by atoms with Crippen molar-refractivity contribution in [2.24, 2.45) is 0 Å². The van der Waals surface area contributed by atoms with Gasteiger partial charge in [0.25, 0.3) is 5.91 Å². The van der Waals surface area contributed by atoms with E-state index in [-0.39, 0.29) is 17.5 Å². The summed E-state index contributed by atoms with van der Waals surface area (Å²) < 4.78 is 13.8. The number of carbonyl (C=O) groups is 1. The minimum absolute atomic E-state index is 0.0975. The monoisotopic (exact) mass is 264 g/mol. The predicted octanol–water partition coefficient (Wildman–Crippen LogP) is 3.20. The first-order valence-corrected chi connectivity index (χ1v) is 6.99. The van der Waals surface area contributed by atoms with Gasteiger partial charge in [0.15, 0.2) is 0 Å². The average molecular weight is 264 g/mol. The highest BCUT2D eigenvalue weighted by atomic mass is 19.1. The van der Waals surface area contributed by atoms with E-state index >= 15 is 0 Å². The smallest absolute Gasteiger partial charge is 0.257 e. The third-order valence-corrected chi connectivity index (χ3v) is 3.83. The van der Waals surface area contributed by atoms with Crippen molar-refractivity contribution in [3.63, 3.8) is 0 Å². The van der Waals surface area contributed by atoms with Gasteiger partial charge in [-0.1, -0.05) is 19.8 Å². The van der Waals surface area contributed by atoms with Crippen LogP contribution in [0.25, 0.3) is 0 Å². The van der Waals surface area contributed by atoms with E-state index in [4.69, 9.17) is 5.73 Å². The lowest BCUT2D eigenvalue weighted by Crippen LogP contribution is -2.40. The maximum atomic E-state index is 13.8. The molecule has 1 amide bonds. The fourth-order valence-electron chi connectivity index (χ4n) is 2.73. The Morgan fingerprint density at radius 3 is 2.95 bits per heavy atom. The molecule has 1 aromatic carbocycles. The number of halogens is 1. The molecule has 3 nitrogen and oxygen atoms in total. The van der Waals surface area contributed by atoms with Gasteiger partial charge in [0.05, 0.1) is 5.56 Å². The number of rotatable bonds is 2. The molecule has 1 aromatic rings. The van der Waals surface area contributed by atoms with E-state index < -0.39 is 5.82 Å². The van der Waals surface area contributed by atoms with Crippen LogP contribution in [0.4, 0.5) is 10.1 Å². The number of hydrogen-bond donors (Lipinski definition) is 1. The fourth-order valence-corrected chi connectivity index (χ4v) is 2.73. The van der Waals surface area contributed by atoms with E-state index in [2.05, 4.69) is 6.92 Å². The molecule has 2 N–H and O–H groups in total. The average Bonchev–Trinajstić information content (AvgIpc) is 2.65. The maximum absolute atomic E-state index is 13.8. The Balaban J connectivity index is 2.27. The molecule has 0 saturated carbocycles. The molecule has 0 aromatic heterocycles. The quantitative estimate of drug-likeness (QED) is 0.834. The lowest BCUT2D eigenvalue weighted by Gasteiger charge is -2.29. The van der Waals surface area contributed by atoms with Crippen LogP contribution in [0.15, 0.2) is 18.2 Å². The third kappa shape index (κ3) is 3.06. The number of nitrogens with zero attached hydrogens (tertiary/aromatic N) is 1. The lowest BCUT2D eigenvalue weighted by molar-refractivity contribution is 0.0673. The summed E-state index contributed by atoms with van der Waals surface area (Å²) in [7, 11) is 0. The molecule has 1 unspecified atom stereocenters. The van der Waals surface area contributed by atoms with Gasteiger partial charge in [-0.3, -0.25) is 4.79 Å². The second-order valence-electron chi connectivity index (χ2n) is 5.15. The second kappa shape index (κ2) is 6.04. The molecule has 0 aliphatic carbocycles. The van der Waals surface area contributed by atoms with Crippen LogP contribution in [0.1, 0.15) is 49.4 Å². The molecule has 1 aliphatic rings. The summed E-state index contributed by atoms with van der Waals surface area (Å²) in [5.74, 6) is -0.711. The number of nitrogens with two attached hydrogens (primary N) is 1. The molecule has 1 saturated heterocycles. The van der Waals surface area contributed by atoms with Crippen molar-refractivity contribution in [2.45, 2.75) is 45.1 Å². The molecular formula is C15H21FN2O. The largest absolute Gasteiger partial charge is 0.399 e. The van der Waals surface area contributed by atoms with Crippen molar-refractivity contribution in [1.82, 2.24) is 4.90 Å². The lowest BCUT2D eigenvalue weighted by atomic mass is 10.1. The van der Waals surface area contributed by atoms with Crippen LogP contribution in [0.2, 0.25) is 0 Å². The van der Waals surface area contributed by atoms with Gasteiger partial charge in [0.1, 0.15) is 5.82 Å². The Hall–Kier alpha value is -1.58. The van der Waals surface area contributed by atoms with Gasteiger partial charge in [0.2, 0.25) is 0 Å². The first-order chi connectivity index (χ1) is 9.13. The standard InChI is InChI=1S/C15H21FN2O/c1-2-12-6-4-3-5-9-18(12)15(19)13-10-11(17)7-8-14(13)16/h7-8,10,12H,2-6,9,17H2,1H3. The van der Waals surface area contributed by atoms with Crippen LogP contribution < -0.4 is 5.73 Å². The van der Waals surface area contributed by atoms with Gasteiger partial charge >= 0.3 is 0 Å². The van der Waals surface area contributed by atoms with E-state index in [9.17, 15) is 9.18 Å². The summed E-state index contributed by atoms with van der Waals surface area (Å²) in [6.45, 7) is 2.79. The summed E-state index contributed by atoms with van der Waals surface area (Å²) in [5, 5.41) is 0. The highest BCUT2D eigenvalue weighted by Gasteiger charge is 2.26. The van der Waals surface area contributed by atoms with Crippen molar-refractivity contribution in [2.75, 3.05) is 12.3 Å². The second-order valence-corrected chi connectivity index (χ2v) is 5.15. The normalized spacial score (nSPS) is 20.1. The summed E-state index contributed by atoms with van der Waals surface area (Å²) in [5.41, 5.74) is 6.18. The van der Waals surface area contributed by atoms with Crippen molar-refractivity contribution in [3.8, 4) is 0 Å². The number of anilines is 1. The van der Waals surface area contributed by atoms with Crippen LogP contribution in [-0.2, 0) is 0 Å². The number of carbonyl (C=O) groups excluding carboxylic acids is 1. The Morgan fingerprint density at radius 2 is 2.21 bits per heavy atom. The van der Waals surface area contributed by atoms with Crippen LogP contribution in [0.5, 0.6) is 0 Å². The zero-order valence-electron chi connectivity index (χ0n) is 11.4. The Bertz CT molecular complexity index is 461.